The van der Waals surface area contributed by atoms with Gasteiger partial charge in [-0.2, -0.15) is 0 Å². The molecule has 0 radical (unpaired) electrons. The predicted molar refractivity (Wildman–Crippen MR) is 78.3 cm³/mol. The van der Waals surface area contributed by atoms with Gasteiger partial charge in [0, 0.05) is 26.4 Å². The molecule has 0 fully saturated rings. The van der Waals surface area contributed by atoms with Gasteiger partial charge in [0.1, 0.15) is 0 Å². The van der Waals surface area contributed by atoms with E-state index in [9.17, 15) is 0 Å². The van der Waals surface area contributed by atoms with Crippen LogP contribution in [0.25, 0.3) is 0 Å². The number of anilines is 1. The van der Waals surface area contributed by atoms with Crippen LogP contribution in [-0.4, -0.2) is 32.8 Å². The first-order chi connectivity index (χ1) is 8.49. The summed E-state index contributed by atoms with van der Waals surface area (Å²) in [4.78, 5) is 2.26. The maximum atomic E-state index is 6.00. The third-order valence-electron chi connectivity index (χ3n) is 3.76. The molecule has 3 nitrogen and oxygen atoms in total. The molecule has 0 aliphatic heterocycles. The molecule has 18 heavy (non-hydrogen) atoms. The molecule has 0 saturated heterocycles. The highest BCUT2D eigenvalue weighted by molar-refractivity contribution is 5.52. The van der Waals surface area contributed by atoms with Crippen molar-refractivity contribution in [3.05, 3.63) is 29.3 Å². The molecule has 0 aliphatic carbocycles. The molecule has 0 aromatic heterocycles. The number of aryl methyl sites for hydroxylation is 2. The summed E-state index contributed by atoms with van der Waals surface area (Å²) in [6.07, 6.45) is 0.959. The Balaban J connectivity index is 3.12. The molecule has 1 aromatic rings. The fraction of sp³-hybridized carbons (Fsp3) is 0.600. The van der Waals surface area contributed by atoms with E-state index in [1.165, 1.54) is 16.8 Å². The van der Waals surface area contributed by atoms with Crippen LogP contribution >= 0.6 is 0 Å². The Morgan fingerprint density at radius 2 is 1.78 bits per heavy atom. The van der Waals surface area contributed by atoms with E-state index in [4.69, 9.17) is 10.5 Å². The van der Waals surface area contributed by atoms with Crippen LogP contribution in [0.2, 0.25) is 0 Å². The van der Waals surface area contributed by atoms with Gasteiger partial charge in [-0.3, -0.25) is 0 Å². The first-order valence-electron chi connectivity index (χ1n) is 6.50. The normalized spacial score (nSPS) is 14.3. The van der Waals surface area contributed by atoms with Gasteiger partial charge in [-0.05, 0) is 43.5 Å². The SMILES string of the molecule is CCC(CN)(COC)N(C)c1cc(C)cc(C)c1. The van der Waals surface area contributed by atoms with E-state index in [-0.39, 0.29) is 5.54 Å². The molecule has 0 aliphatic rings. The zero-order valence-electron chi connectivity index (χ0n) is 12.3. The van der Waals surface area contributed by atoms with Gasteiger partial charge in [-0.25, -0.2) is 0 Å². The summed E-state index contributed by atoms with van der Waals surface area (Å²) < 4.78 is 5.37. The molecule has 0 bridgehead atoms. The van der Waals surface area contributed by atoms with Crippen molar-refractivity contribution in [1.29, 1.82) is 0 Å². The number of methoxy groups -OCH3 is 1. The van der Waals surface area contributed by atoms with Crippen molar-refractivity contribution in [2.24, 2.45) is 5.73 Å². The van der Waals surface area contributed by atoms with Crippen molar-refractivity contribution >= 4 is 5.69 Å². The van der Waals surface area contributed by atoms with Gasteiger partial charge in [0.05, 0.1) is 12.1 Å². The molecule has 1 rings (SSSR count). The monoisotopic (exact) mass is 250 g/mol. The Morgan fingerprint density at radius 1 is 1.22 bits per heavy atom. The van der Waals surface area contributed by atoms with Crippen LogP contribution in [0.5, 0.6) is 0 Å². The van der Waals surface area contributed by atoms with E-state index in [0.29, 0.717) is 13.2 Å². The fourth-order valence-electron chi connectivity index (χ4n) is 2.46. The fourth-order valence-corrected chi connectivity index (χ4v) is 2.46. The third-order valence-corrected chi connectivity index (χ3v) is 3.76. The minimum Gasteiger partial charge on any atom is -0.382 e. The number of nitrogens with two attached hydrogens (primary N) is 1. The van der Waals surface area contributed by atoms with Crippen LogP contribution in [0.15, 0.2) is 18.2 Å². The van der Waals surface area contributed by atoms with Gasteiger partial charge in [0.2, 0.25) is 0 Å². The second-order valence-corrected chi connectivity index (χ2v) is 5.12. The van der Waals surface area contributed by atoms with Gasteiger partial charge in [-0.1, -0.05) is 13.0 Å². The van der Waals surface area contributed by atoms with Gasteiger partial charge in [-0.15, -0.1) is 0 Å². The number of hydrogen-bond acceptors (Lipinski definition) is 3. The Bertz CT molecular complexity index is 366. The Hall–Kier alpha value is -1.06. The molecule has 2 N–H and O–H groups in total. The van der Waals surface area contributed by atoms with Crippen molar-refractivity contribution in [2.45, 2.75) is 32.7 Å². The highest BCUT2D eigenvalue weighted by Gasteiger charge is 2.31. The molecule has 0 saturated carbocycles. The van der Waals surface area contributed by atoms with E-state index in [0.717, 1.165) is 6.42 Å². The summed E-state index contributed by atoms with van der Waals surface area (Å²) in [7, 11) is 3.83. The minimum atomic E-state index is -0.130. The van der Waals surface area contributed by atoms with Crippen LogP contribution in [0.4, 0.5) is 5.69 Å². The van der Waals surface area contributed by atoms with Gasteiger partial charge in [0.25, 0.3) is 0 Å². The van der Waals surface area contributed by atoms with Crippen molar-refractivity contribution in [3.8, 4) is 0 Å². The standard InChI is InChI=1S/C15H26N2O/c1-6-15(10-16,11-18-5)17(4)14-8-12(2)7-13(3)9-14/h7-9H,6,10-11,16H2,1-5H3. The first-order valence-corrected chi connectivity index (χ1v) is 6.50. The maximum absolute atomic E-state index is 6.00. The smallest absolute Gasteiger partial charge is 0.0750 e. The number of nitrogens with zero attached hydrogens (tertiary/aromatic N) is 1. The first kappa shape index (κ1) is 15.0. The second kappa shape index (κ2) is 6.21. The number of benzene rings is 1. The lowest BCUT2D eigenvalue weighted by Crippen LogP contribution is -2.55. The van der Waals surface area contributed by atoms with Crippen LogP contribution in [0, 0.1) is 13.8 Å². The summed E-state index contributed by atoms with van der Waals surface area (Å²) in [6, 6.07) is 6.58. The molecular weight excluding hydrogens is 224 g/mol. The topological polar surface area (TPSA) is 38.5 Å². The molecule has 0 spiro atoms. The van der Waals surface area contributed by atoms with Crippen molar-refractivity contribution < 1.29 is 4.74 Å². The Kier molecular flexibility index (Phi) is 5.17. The second-order valence-electron chi connectivity index (χ2n) is 5.12. The summed E-state index contributed by atoms with van der Waals surface area (Å²) in [6.45, 7) is 7.63. The number of ether oxygens (including phenoxy) is 1. The molecule has 0 amide bonds. The van der Waals surface area contributed by atoms with Gasteiger partial charge in [0.15, 0.2) is 0 Å². The van der Waals surface area contributed by atoms with Crippen LogP contribution < -0.4 is 10.6 Å². The highest BCUT2D eigenvalue weighted by atomic mass is 16.5. The third kappa shape index (κ3) is 3.03. The number of likely N-dealkylation sites (N-methyl/N-ethyl adjacent to an activating group) is 1. The summed E-state index contributed by atoms with van der Waals surface area (Å²) >= 11 is 0. The van der Waals surface area contributed by atoms with Gasteiger partial charge < -0.3 is 15.4 Å². The van der Waals surface area contributed by atoms with Crippen molar-refractivity contribution in [1.82, 2.24) is 0 Å². The van der Waals surface area contributed by atoms with E-state index in [1.807, 2.05) is 0 Å². The average molecular weight is 250 g/mol. The molecule has 1 atom stereocenters. The van der Waals surface area contributed by atoms with Gasteiger partial charge >= 0.3 is 0 Å². The Morgan fingerprint density at radius 3 is 2.17 bits per heavy atom. The summed E-state index contributed by atoms with van der Waals surface area (Å²) in [5.41, 5.74) is 9.62. The highest BCUT2D eigenvalue weighted by Crippen LogP contribution is 2.27. The zero-order chi connectivity index (χ0) is 13.8. The van der Waals surface area contributed by atoms with Crippen LogP contribution in [-0.2, 0) is 4.74 Å². The minimum absolute atomic E-state index is 0.130. The molecule has 1 aromatic carbocycles. The van der Waals surface area contributed by atoms with E-state index in [2.05, 4.69) is 50.9 Å². The van der Waals surface area contributed by atoms with E-state index >= 15 is 0 Å². The van der Waals surface area contributed by atoms with Crippen LogP contribution in [0.3, 0.4) is 0 Å². The average Bonchev–Trinajstić information content (AvgIpc) is 2.34. The Labute approximate surface area is 111 Å². The predicted octanol–water partition coefficient (Wildman–Crippen LogP) is 2.49. The molecular formula is C15H26N2O. The molecule has 0 heterocycles. The number of rotatable bonds is 6. The molecule has 3 heteroatoms. The largest absolute Gasteiger partial charge is 0.382 e. The quantitative estimate of drug-likeness (QED) is 0.843. The molecule has 102 valence electrons. The number of hydrogen-bond donors (Lipinski definition) is 1. The van der Waals surface area contributed by atoms with Crippen LogP contribution in [0.1, 0.15) is 24.5 Å². The lowest BCUT2D eigenvalue weighted by atomic mass is 9.94. The van der Waals surface area contributed by atoms with Crippen molar-refractivity contribution in [3.63, 3.8) is 0 Å². The zero-order valence-corrected chi connectivity index (χ0v) is 12.3. The summed E-state index contributed by atoms with van der Waals surface area (Å²) in [5, 5.41) is 0. The lowest BCUT2D eigenvalue weighted by Gasteiger charge is -2.42. The summed E-state index contributed by atoms with van der Waals surface area (Å²) in [5.74, 6) is 0. The molecule has 1 unspecified atom stereocenters. The van der Waals surface area contributed by atoms with E-state index < -0.39 is 0 Å². The maximum Gasteiger partial charge on any atom is 0.0750 e. The lowest BCUT2D eigenvalue weighted by molar-refractivity contribution is 0.130. The van der Waals surface area contributed by atoms with E-state index in [1.54, 1.807) is 7.11 Å². The van der Waals surface area contributed by atoms with Crippen molar-refractivity contribution in [2.75, 3.05) is 32.2 Å².